The molecule has 1 heterocycles. The highest BCUT2D eigenvalue weighted by atomic mass is 16.5. The van der Waals surface area contributed by atoms with Crippen molar-refractivity contribution < 1.29 is 9.53 Å². The van der Waals surface area contributed by atoms with Crippen LogP contribution in [0, 0.1) is 5.92 Å². The Labute approximate surface area is 97.1 Å². The van der Waals surface area contributed by atoms with Crippen LogP contribution in [0.15, 0.2) is 0 Å². The topological polar surface area (TPSA) is 55.6 Å². The van der Waals surface area contributed by atoms with Gasteiger partial charge in [0.15, 0.2) is 0 Å². The SMILES string of the molecule is CCOC1CC(CC(=O)N2CCC(N)C2)C1. The van der Waals surface area contributed by atoms with Gasteiger partial charge >= 0.3 is 0 Å². The molecule has 16 heavy (non-hydrogen) atoms. The number of nitrogens with zero attached hydrogens (tertiary/aromatic N) is 1. The lowest BCUT2D eigenvalue weighted by Gasteiger charge is -2.35. The number of hydrogen-bond donors (Lipinski definition) is 1. The van der Waals surface area contributed by atoms with Gasteiger partial charge in [0.05, 0.1) is 6.10 Å². The Kier molecular flexibility index (Phi) is 3.82. The molecule has 2 rings (SSSR count). The number of hydrogen-bond acceptors (Lipinski definition) is 3. The molecule has 1 unspecified atom stereocenters. The molecule has 2 N–H and O–H groups in total. The van der Waals surface area contributed by atoms with Crippen molar-refractivity contribution in [1.29, 1.82) is 0 Å². The van der Waals surface area contributed by atoms with Crippen LogP contribution in [-0.2, 0) is 9.53 Å². The van der Waals surface area contributed by atoms with Gasteiger partial charge in [-0.1, -0.05) is 0 Å². The average molecular weight is 226 g/mol. The molecule has 4 heteroatoms. The molecule has 0 spiro atoms. The van der Waals surface area contributed by atoms with E-state index >= 15 is 0 Å². The monoisotopic (exact) mass is 226 g/mol. The molecule has 1 atom stereocenters. The van der Waals surface area contributed by atoms with Gasteiger partial charge in [-0.05, 0) is 32.1 Å². The van der Waals surface area contributed by atoms with E-state index in [1.807, 2.05) is 11.8 Å². The van der Waals surface area contributed by atoms with Crippen molar-refractivity contribution in [3.8, 4) is 0 Å². The highest BCUT2D eigenvalue weighted by molar-refractivity contribution is 5.76. The van der Waals surface area contributed by atoms with E-state index in [-0.39, 0.29) is 11.9 Å². The molecule has 1 saturated carbocycles. The molecule has 0 radical (unpaired) electrons. The maximum atomic E-state index is 11.9. The van der Waals surface area contributed by atoms with Crippen molar-refractivity contribution in [3.05, 3.63) is 0 Å². The number of ether oxygens (including phenoxy) is 1. The zero-order valence-corrected chi connectivity index (χ0v) is 10.0. The third-order valence-corrected chi connectivity index (χ3v) is 3.64. The summed E-state index contributed by atoms with van der Waals surface area (Å²) in [5.74, 6) is 0.828. The van der Waals surface area contributed by atoms with Crippen LogP contribution >= 0.6 is 0 Å². The van der Waals surface area contributed by atoms with Crippen molar-refractivity contribution in [3.63, 3.8) is 0 Å². The number of carbonyl (C=O) groups is 1. The predicted octanol–water partition coefficient (Wildman–Crippen LogP) is 0.751. The molecule has 1 amide bonds. The average Bonchev–Trinajstić information content (AvgIpc) is 2.61. The third-order valence-electron chi connectivity index (χ3n) is 3.64. The Morgan fingerprint density at radius 3 is 2.81 bits per heavy atom. The van der Waals surface area contributed by atoms with E-state index < -0.39 is 0 Å². The van der Waals surface area contributed by atoms with E-state index in [2.05, 4.69) is 0 Å². The van der Waals surface area contributed by atoms with Crippen molar-refractivity contribution >= 4 is 5.91 Å². The summed E-state index contributed by atoms with van der Waals surface area (Å²) in [6.45, 7) is 4.40. The normalized spacial score (nSPS) is 33.9. The molecule has 0 aromatic carbocycles. The predicted molar refractivity (Wildman–Crippen MR) is 61.9 cm³/mol. The molecule has 2 aliphatic rings. The van der Waals surface area contributed by atoms with Crippen LogP contribution in [0.1, 0.15) is 32.6 Å². The van der Waals surface area contributed by atoms with Gasteiger partial charge in [0.2, 0.25) is 5.91 Å². The second-order valence-electron chi connectivity index (χ2n) is 5.01. The molecular weight excluding hydrogens is 204 g/mol. The lowest BCUT2D eigenvalue weighted by Crippen LogP contribution is -2.38. The first-order chi connectivity index (χ1) is 7.69. The molecular formula is C12H22N2O2. The first-order valence-electron chi connectivity index (χ1n) is 6.34. The van der Waals surface area contributed by atoms with Crippen LogP contribution in [0.2, 0.25) is 0 Å². The zero-order valence-electron chi connectivity index (χ0n) is 10.0. The minimum atomic E-state index is 0.196. The van der Waals surface area contributed by atoms with E-state index in [4.69, 9.17) is 10.5 Å². The highest BCUT2D eigenvalue weighted by Crippen LogP contribution is 2.33. The minimum Gasteiger partial charge on any atom is -0.378 e. The van der Waals surface area contributed by atoms with E-state index in [9.17, 15) is 4.79 Å². The fraction of sp³-hybridized carbons (Fsp3) is 0.917. The van der Waals surface area contributed by atoms with Crippen LogP contribution < -0.4 is 5.73 Å². The third kappa shape index (κ3) is 2.74. The molecule has 2 fully saturated rings. The summed E-state index contributed by atoms with van der Waals surface area (Å²) in [7, 11) is 0. The Morgan fingerprint density at radius 2 is 2.25 bits per heavy atom. The molecule has 0 aromatic rings. The summed E-state index contributed by atoms with van der Waals surface area (Å²) < 4.78 is 5.49. The molecule has 4 nitrogen and oxygen atoms in total. The Morgan fingerprint density at radius 1 is 1.50 bits per heavy atom. The van der Waals surface area contributed by atoms with Crippen LogP contribution in [0.4, 0.5) is 0 Å². The Hall–Kier alpha value is -0.610. The van der Waals surface area contributed by atoms with Gasteiger partial charge in [0, 0.05) is 32.2 Å². The van der Waals surface area contributed by atoms with Crippen LogP contribution in [0.3, 0.4) is 0 Å². The minimum absolute atomic E-state index is 0.196. The van der Waals surface area contributed by atoms with Crippen molar-refractivity contribution in [2.24, 2.45) is 11.7 Å². The van der Waals surface area contributed by atoms with Crippen molar-refractivity contribution in [1.82, 2.24) is 4.90 Å². The van der Waals surface area contributed by atoms with Gasteiger partial charge < -0.3 is 15.4 Å². The Bertz CT molecular complexity index is 251. The fourth-order valence-electron chi connectivity index (χ4n) is 2.60. The summed E-state index contributed by atoms with van der Waals surface area (Å²) in [5, 5.41) is 0. The molecule has 1 aliphatic heterocycles. The lowest BCUT2D eigenvalue weighted by atomic mass is 9.80. The van der Waals surface area contributed by atoms with Gasteiger partial charge in [-0.15, -0.1) is 0 Å². The summed E-state index contributed by atoms with van der Waals surface area (Å²) in [4.78, 5) is 13.8. The fourth-order valence-corrected chi connectivity index (χ4v) is 2.60. The zero-order chi connectivity index (χ0) is 11.5. The summed E-state index contributed by atoms with van der Waals surface area (Å²) in [6.07, 6.45) is 4.16. The van der Waals surface area contributed by atoms with E-state index in [0.717, 1.165) is 39.0 Å². The molecule has 0 bridgehead atoms. The second kappa shape index (κ2) is 5.15. The van der Waals surface area contributed by atoms with Crippen molar-refractivity contribution in [2.75, 3.05) is 19.7 Å². The second-order valence-corrected chi connectivity index (χ2v) is 5.01. The van der Waals surface area contributed by atoms with Crippen molar-refractivity contribution in [2.45, 2.75) is 44.8 Å². The molecule has 92 valence electrons. The summed E-state index contributed by atoms with van der Waals surface area (Å²) >= 11 is 0. The van der Waals surface area contributed by atoms with Gasteiger partial charge in [-0.3, -0.25) is 4.79 Å². The van der Waals surface area contributed by atoms with Crippen LogP contribution in [0.5, 0.6) is 0 Å². The lowest BCUT2D eigenvalue weighted by molar-refractivity contribution is -0.133. The van der Waals surface area contributed by atoms with Crippen LogP contribution in [0.25, 0.3) is 0 Å². The molecule has 1 aliphatic carbocycles. The smallest absolute Gasteiger partial charge is 0.222 e. The quantitative estimate of drug-likeness (QED) is 0.769. The maximum Gasteiger partial charge on any atom is 0.222 e. The molecule has 0 aromatic heterocycles. The number of nitrogens with two attached hydrogens (primary N) is 1. The summed E-state index contributed by atoms with van der Waals surface area (Å²) in [5.41, 5.74) is 5.79. The van der Waals surface area contributed by atoms with E-state index in [1.165, 1.54) is 0 Å². The molecule has 1 saturated heterocycles. The first kappa shape index (κ1) is 11.9. The number of rotatable bonds is 4. The largest absolute Gasteiger partial charge is 0.378 e. The first-order valence-corrected chi connectivity index (χ1v) is 6.34. The van der Waals surface area contributed by atoms with E-state index in [0.29, 0.717) is 18.4 Å². The highest BCUT2D eigenvalue weighted by Gasteiger charge is 2.33. The van der Waals surface area contributed by atoms with E-state index in [1.54, 1.807) is 0 Å². The van der Waals surface area contributed by atoms with Gasteiger partial charge in [-0.25, -0.2) is 0 Å². The maximum absolute atomic E-state index is 11.9. The summed E-state index contributed by atoms with van der Waals surface area (Å²) in [6, 6.07) is 0.196. The number of likely N-dealkylation sites (tertiary alicyclic amines) is 1. The Balaban J connectivity index is 1.65. The number of amides is 1. The van der Waals surface area contributed by atoms with Gasteiger partial charge in [0.25, 0.3) is 0 Å². The standard InChI is InChI=1S/C12H22N2O2/c1-2-16-11-5-9(6-11)7-12(15)14-4-3-10(13)8-14/h9-11H,2-8,13H2,1H3. The number of carbonyl (C=O) groups excluding carboxylic acids is 1. The van der Waals surface area contributed by atoms with Crippen LogP contribution in [-0.4, -0.2) is 42.6 Å². The van der Waals surface area contributed by atoms with Gasteiger partial charge in [0.1, 0.15) is 0 Å². The van der Waals surface area contributed by atoms with Gasteiger partial charge in [-0.2, -0.15) is 0 Å².